The summed E-state index contributed by atoms with van der Waals surface area (Å²) >= 11 is 0. The van der Waals surface area contributed by atoms with Crippen LogP contribution in [0.5, 0.6) is 0 Å². The van der Waals surface area contributed by atoms with Crippen LogP contribution in [-0.4, -0.2) is 14.5 Å². The van der Waals surface area contributed by atoms with E-state index < -0.39 is 10.3 Å². The van der Waals surface area contributed by atoms with E-state index in [2.05, 4.69) is 13.8 Å². The summed E-state index contributed by atoms with van der Waals surface area (Å²) < 4.78 is 26.0. The third-order valence-corrected chi connectivity index (χ3v) is 3.10. The molecule has 5 heteroatoms. The molecule has 1 fully saturated rings. The van der Waals surface area contributed by atoms with Gasteiger partial charge >= 0.3 is 10.3 Å². The second-order valence-electron chi connectivity index (χ2n) is 4.45. The molecule has 1 rings (SSSR count). The Hall–Kier alpha value is -0.130. The zero-order valence-corrected chi connectivity index (χ0v) is 8.93. The average Bonchev–Trinajstić information content (AvgIpc) is 1.91. The molecule has 0 aliphatic heterocycles. The highest BCUT2D eigenvalue weighted by atomic mass is 32.2. The van der Waals surface area contributed by atoms with Crippen LogP contribution in [0.3, 0.4) is 0 Å². The smallest absolute Gasteiger partial charge is 0.255 e. The molecule has 13 heavy (non-hydrogen) atoms. The summed E-state index contributed by atoms with van der Waals surface area (Å²) in [5, 5.41) is 4.78. The van der Waals surface area contributed by atoms with Gasteiger partial charge in [-0.2, -0.15) is 8.42 Å². The van der Waals surface area contributed by atoms with Gasteiger partial charge in [0, 0.05) is 0 Å². The van der Waals surface area contributed by atoms with Crippen molar-refractivity contribution in [3.05, 3.63) is 0 Å². The van der Waals surface area contributed by atoms with Crippen molar-refractivity contribution in [2.75, 3.05) is 0 Å². The van der Waals surface area contributed by atoms with E-state index in [0.29, 0.717) is 5.41 Å². The quantitative estimate of drug-likeness (QED) is 0.739. The fraction of sp³-hybridized carbons (Fsp3) is 1.00. The summed E-state index contributed by atoms with van der Waals surface area (Å²) in [6.07, 6.45) is 3.34. The molecule has 0 amide bonds. The third kappa shape index (κ3) is 4.06. The molecule has 0 saturated heterocycles. The van der Waals surface area contributed by atoms with Gasteiger partial charge in [-0.05, 0) is 31.1 Å². The van der Waals surface area contributed by atoms with E-state index >= 15 is 0 Å². The van der Waals surface area contributed by atoms with Crippen LogP contribution in [0.15, 0.2) is 0 Å². The fourth-order valence-corrected chi connectivity index (χ4v) is 2.23. The van der Waals surface area contributed by atoms with Gasteiger partial charge in [-0.25, -0.2) is 5.14 Å². The Balaban J connectivity index is 2.43. The highest BCUT2D eigenvalue weighted by Crippen LogP contribution is 2.36. The van der Waals surface area contributed by atoms with Crippen LogP contribution in [0.2, 0.25) is 0 Å². The fourth-order valence-electron chi connectivity index (χ4n) is 1.66. The van der Waals surface area contributed by atoms with Gasteiger partial charge in [0.2, 0.25) is 0 Å². The van der Waals surface area contributed by atoms with Crippen LogP contribution < -0.4 is 5.14 Å². The molecule has 1 aliphatic rings. The first-order valence-electron chi connectivity index (χ1n) is 4.50. The number of hydrogen-bond donors (Lipinski definition) is 1. The van der Waals surface area contributed by atoms with E-state index in [4.69, 9.17) is 9.32 Å². The lowest BCUT2D eigenvalue weighted by Gasteiger charge is -2.33. The average molecular weight is 207 g/mol. The minimum absolute atomic E-state index is 0.206. The second-order valence-corrected chi connectivity index (χ2v) is 5.63. The lowest BCUT2D eigenvalue weighted by molar-refractivity contribution is 0.104. The lowest BCUT2D eigenvalue weighted by Crippen LogP contribution is -2.30. The molecular formula is C8H17NO3S. The Morgan fingerprint density at radius 2 is 1.77 bits per heavy atom. The van der Waals surface area contributed by atoms with E-state index in [0.717, 1.165) is 25.7 Å². The van der Waals surface area contributed by atoms with Gasteiger partial charge in [0.15, 0.2) is 0 Å². The zero-order chi connectivity index (χ0) is 10.1. The topological polar surface area (TPSA) is 69.4 Å². The molecule has 4 nitrogen and oxygen atoms in total. The maximum absolute atomic E-state index is 10.6. The van der Waals surface area contributed by atoms with Crippen LogP contribution in [0.1, 0.15) is 39.5 Å². The van der Waals surface area contributed by atoms with E-state index in [-0.39, 0.29) is 6.10 Å². The Labute approximate surface area is 79.7 Å². The Morgan fingerprint density at radius 1 is 1.31 bits per heavy atom. The van der Waals surface area contributed by atoms with Crippen molar-refractivity contribution in [2.45, 2.75) is 45.6 Å². The Kier molecular flexibility index (Phi) is 2.99. The third-order valence-electron chi connectivity index (χ3n) is 2.56. The highest BCUT2D eigenvalue weighted by Gasteiger charge is 2.29. The van der Waals surface area contributed by atoms with Gasteiger partial charge in [-0.3, -0.25) is 4.18 Å². The molecule has 78 valence electrons. The van der Waals surface area contributed by atoms with Crippen molar-refractivity contribution in [3.63, 3.8) is 0 Å². The van der Waals surface area contributed by atoms with Gasteiger partial charge in [0.1, 0.15) is 0 Å². The number of nitrogens with two attached hydrogens (primary N) is 1. The predicted octanol–water partition coefficient (Wildman–Crippen LogP) is 1.18. The first kappa shape index (κ1) is 10.9. The molecule has 0 atom stereocenters. The predicted molar refractivity (Wildman–Crippen MR) is 50.2 cm³/mol. The molecule has 0 bridgehead atoms. The van der Waals surface area contributed by atoms with E-state index in [1.807, 2.05) is 0 Å². The maximum Gasteiger partial charge on any atom is 0.333 e. The summed E-state index contributed by atoms with van der Waals surface area (Å²) in [6, 6.07) is 0. The summed E-state index contributed by atoms with van der Waals surface area (Å²) in [4.78, 5) is 0. The van der Waals surface area contributed by atoms with Crippen molar-refractivity contribution in [3.8, 4) is 0 Å². The lowest BCUT2D eigenvalue weighted by atomic mass is 9.76. The van der Waals surface area contributed by atoms with Crippen LogP contribution in [0, 0.1) is 5.41 Å². The minimum atomic E-state index is -3.76. The van der Waals surface area contributed by atoms with E-state index in [1.54, 1.807) is 0 Å². The van der Waals surface area contributed by atoms with E-state index in [9.17, 15) is 8.42 Å². The summed E-state index contributed by atoms with van der Waals surface area (Å²) in [5.74, 6) is 0. The molecule has 0 aromatic carbocycles. The van der Waals surface area contributed by atoms with Crippen LogP contribution in [-0.2, 0) is 14.5 Å². The molecule has 0 aromatic heterocycles. The molecule has 1 saturated carbocycles. The van der Waals surface area contributed by atoms with Crippen molar-refractivity contribution in [2.24, 2.45) is 10.6 Å². The normalized spacial score (nSPS) is 24.5. The summed E-state index contributed by atoms with van der Waals surface area (Å²) in [5.41, 5.74) is 0.318. The van der Waals surface area contributed by atoms with Gasteiger partial charge in [-0.15, -0.1) is 0 Å². The molecular weight excluding hydrogens is 190 g/mol. The molecule has 1 aliphatic carbocycles. The van der Waals surface area contributed by atoms with Crippen LogP contribution in [0.25, 0.3) is 0 Å². The largest absolute Gasteiger partial charge is 0.333 e. The van der Waals surface area contributed by atoms with Crippen molar-refractivity contribution in [1.29, 1.82) is 0 Å². The van der Waals surface area contributed by atoms with Crippen LogP contribution >= 0.6 is 0 Å². The van der Waals surface area contributed by atoms with Crippen molar-refractivity contribution >= 4 is 10.3 Å². The van der Waals surface area contributed by atoms with Gasteiger partial charge in [-0.1, -0.05) is 13.8 Å². The molecule has 0 heterocycles. The SMILES string of the molecule is CC1(C)CCC(OS(N)(=O)=O)CC1. The Morgan fingerprint density at radius 3 is 2.15 bits per heavy atom. The number of hydrogen-bond acceptors (Lipinski definition) is 3. The summed E-state index contributed by atoms with van der Waals surface area (Å²) in [6.45, 7) is 4.36. The molecule has 0 aromatic rings. The van der Waals surface area contributed by atoms with Crippen molar-refractivity contribution in [1.82, 2.24) is 0 Å². The molecule has 2 N–H and O–H groups in total. The molecule has 0 unspecified atom stereocenters. The monoisotopic (exact) mass is 207 g/mol. The first-order chi connectivity index (χ1) is 5.79. The second kappa shape index (κ2) is 3.55. The van der Waals surface area contributed by atoms with Crippen LogP contribution in [0.4, 0.5) is 0 Å². The maximum atomic E-state index is 10.6. The first-order valence-corrected chi connectivity index (χ1v) is 5.97. The molecule has 0 radical (unpaired) electrons. The van der Waals surface area contributed by atoms with Crippen molar-refractivity contribution < 1.29 is 12.6 Å². The van der Waals surface area contributed by atoms with Gasteiger partial charge in [0.05, 0.1) is 6.10 Å². The van der Waals surface area contributed by atoms with Gasteiger partial charge < -0.3 is 0 Å². The Bertz CT molecular complexity index is 261. The molecule has 0 spiro atoms. The summed E-state index contributed by atoms with van der Waals surface area (Å²) in [7, 11) is -3.76. The standard InChI is InChI=1S/C8H17NO3S/c1-8(2)5-3-7(4-6-8)12-13(9,10)11/h7H,3-6H2,1-2H3,(H2,9,10,11). The zero-order valence-electron chi connectivity index (χ0n) is 8.12. The number of rotatable bonds is 2. The highest BCUT2D eigenvalue weighted by molar-refractivity contribution is 7.84. The van der Waals surface area contributed by atoms with E-state index in [1.165, 1.54) is 0 Å². The minimum Gasteiger partial charge on any atom is -0.255 e. The van der Waals surface area contributed by atoms with Gasteiger partial charge in [0.25, 0.3) is 0 Å².